The van der Waals surface area contributed by atoms with Gasteiger partial charge in [0.2, 0.25) is 0 Å². The molecule has 0 unspecified atom stereocenters. The van der Waals surface area contributed by atoms with Crippen molar-refractivity contribution in [3.8, 4) is 18.1 Å². The van der Waals surface area contributed by atoms with E-state index in [1.807, 2.05) is 0 Å². The van der Waals surface area contributed by atoms with Crippen LogP contribution in [-0.2, 0) is 4.74 Å². The zero-order valence-corrected chi connectivity index (χ0v) is 10.2. The van der Waals surface area contributed by atoms with Gasteiger partial charge >= 0.3 is 0 Å². The fourth-order valence-electron chi connectivity index (χ4n) is 1.34. The van der Waals surface area contributed by atoms with Crippen LogP contribution in [0, 0.1) is 18.2 Å². The van der Waals surface area contributed by atoms with Gasteiger partial charge in [0.05, 0.1) is 6.61 Å². The first-order valence-corrected chi connectivity index (χ1v) is 5.65. The molecular formula is C14H15FO3. The van der Waals surface area contributed by atoms with Crippen molar-refractivity contribution in [1.82, 2.24) is 0 Å². The van der Waals surface area contributed by atoms with Crippen LogP contribution >= 0.6 is 0 Å². The van der Waals surface area contributed by atoms with Crippen LogP contribution in [0.15, 0.2) is 18.2 Å². The van der Waals surface area contributed by atoms with Gasteiger partial charge in [-0.15, -0.1) is 6.42 Å². The zero-order valence-electron chi connectivity index (χ0n) is 10.2. The predicted molar refractivity (Wildman–Crippen MR) is 66.2 cm³/mol. The van der Waals surface area contributed by atoms with E-state index in [0.717, 1.165) is 0 Å². The summed E-state index contributed by atoms with van der Waals surface area (Å²) < 4.78 is 23.7. The van der Waals surface area contributed by atoms with Crippen molar-refractivity contribution in [2.24, 2.45) is 0 Å². The van der Waals surface area contributed by atoms with Gasteiger partial charge < -0.3 is 9.47 Å². The summed E-state index contributed by atoms with van der Waals surface area (Å²) in [4.78, 5) is 11.4. The molecule has 0 spiro atoms. The molecule has 3 nitrogen and oxygen atoms in total. The molecule has 96 valence electrons. The van der Waals surface area contributed by atoms with Gasteiger partial charge in [0.1, 0.15) is 13.2 Å². The van der Waals surface area contributed by atoms with Crippen LogP contribution in [0.4, 0.5) is 4.39 Å². The number of halogens is 1. The summed E-state index contributed by atoms with van der Waals surface area (Å²) in [5, 5.41) is 0. The molecular weight excluding hydrogens is 235 g/mol. The van der Waals surface area contributed by atoms with E-state index in [0.29, 0.717) is 18.6 Å². The Hall–Kier alpha value is -1.86. The highest BCUT2D eigenvalue weighted by molar-refractivity contribution is 5.95. The van der Waals surface area contributed by atoms with Crippen molar-refractivity contribution in [2.45, 2.75) is 13.3 Å². The van der Waals surface area contributed by atoms with Crippen LogP contribution in [0.1, 0.15) is 23.7 Å². The smallest absolute Gasteiger partial charge is 0.165 e. The first-order chi connectivity index (χ1) is 8.69. The van der Waals surface area contributed by atoms with E-state index in [2.05, 4.69) is 5.92 Å². The minimum Gasteiger partial charge on any atom is -0.488 e. The van der Waals surface area contributed by atoms with Gasteiger partial charge in [-0.1, -0.05) is 12.8 Å². The van der Waals surface area contributed by atoms with Crippen molar-refractivity contribution in [3.05, 3.63) is 29.6 Å². The van der Waals surface area contributed by atoms with Gasteiger partial charge in [-0.05, 0) is 18.2 Å². The maximum absolute atomic E-state index is 13.6. The van der Waals surface area contributed by atoms with Crippen molar-refractivity contribution < 1.29 is 18.7 Å². The number of ketones is 1. The fraction of sp³-hybridized carbons (Fsp3) is 0.357. The molecule has 0 N–H and O–H groups in total. The average Bonchev–Trinajstić information content (AvgIpc) is 2.39. The Balaban J connectivity index is 2.53. The van der Waals surface area contributed by atoms with Gasteiger partial charge in [-0.2, -0.15) is 0 Å². The first-order valence-electron chi connectivity index (χ1n) is 5.65. The van der Waals surface area contributed by atoms with E-state index in [1.165, 1.54) is 12.1 Å². The lowest BCUT2D eigenvalue weighted by Crippen LogP contribution is -2.08. The molecule has 0 radical (unpaired) electrons. The van der Waals surface area contributed by atoms with Crippen LogP contribution in [-0.4, -0.2) is 25.6 Å². The second-order valence-corrected chi connectivity index (χ2v) is 3.53. The van der Waals surface area contributed by atoms with Gasteiger partial charge in [-0.3, -0.25) is 4.79 Å². The van der Waals surface area contributed by atoms with Gasteiger partial charge in [-0.25, -0.2) is 4.39 Å². The molecule has 0 aromatic heterocycles. The number of Topliss-reactive ketones (excluding diaryl/α,β-unsaturated/α-hetero) is 1. The summed E-state index contributed by atoms with van der Waals surface area (Å²) in [6, 6.07) is 4.18. The Kier molecular flexibility index (Phi) is 5.89. The lowest BCUT2D eigenvalue weighted by atomic mass is 10.1. The summed E-state index contributed by atoms with van der Waals surface area (Å²) in [6.45, 7) is 2.43. The second kappa shape index (κ2) is 7.46. The van der Waals surface area contributed by atoms with Crippen molar-refractivity contribution in [3.63, 3.8) is 0 Å². The fourth-order valence-corrected chi connectivity index (χ4v) is 1.34. The SMILES string of the molecule is C#CCOCCOc1ccc(C(=O)CC)cc1F. The van der Waals surface area contributed by atoms with Crippen LogP contribution in [0.2, 0.25) is 0 Å². The van der Waals surface area contributed by atoms with E-state index < -0.39 is 5.82 Å². The highest BCUT2D eigenvalue weighted by Gasteiger charge is 2.08. The molecule has 1 rings (SSSR count). The second-order valence-electron chi connectivity index (χ2n) is 3.53. The quantitative estimate of drug-likeness (QED) is 0.423. The summed E-state index contributed by atoms with van der Waals surface area (Å²) >= 11 is 0. The molecule has 0 saturated carbocycles. The summed E-state index contributed by atoms with van der Waals surface area (Å²) in [7, 11) is 0. The number of hydrogen-bond acceptors (Lipinski definition) is 3. The molecule has 4 heteroatoms. The average molecular weight is 250 g/mol. The number of benzene rings is 1. The Bertz CT molecular complexity index is 449. The number of ether oxygens (including phenoxy) is 2. The predicted octanol–water partition coefficient (Wildman–Crippen LogP) is 2.45. The zero-order chi connectivity index (χ0) is 13.4. The van der Waals surface area contributed by atoms with Crippen LogP contribution < -0.4 is 4.74 Å². The van der Waals surface area contributed by atoms with E-state index in [4.69, 9.17) is 15.9 Å². The van der Waals surface area contributed by atoms with Crippen molar-refractivity contribution in [1.29, 1.82) is 0 Å². The van der Waals surface area contributed by atoms with E-state index >= 15 is 0 Å². The van der Waals surface area contributed by atoms with E-state index in [1.54, 1.807) is 13.0 Å². The molecule has 0 bridgehead atoms. The molecule has 0 aliphatic rings. The summed E-state index contributed by atoms with van der Waals surface area (Å²) in [6.07, 6.45) is 5.34. The monoisotopic (exact) mass is 250 g/mol. The molecule has 1 aromatic rings. The summed E-state index contributed by atoms with van der Waals surface area (Å²) in [5.41, 5.74) is 0.353. The van der Waals surface area contributed by atoms with Gasteiger partial charge in [0, 0.05) is 12.0 Å². The Labute approximate surface area is 106 Å². The molecule has 0 aliphatic carbocycles. The van der Waals surface area contributed by atoms with Crippen molar-refractivity contribution in [2.75, 3.05) is 19.8 Å². The largest absolute Gasteiger partial charge is 0.488 e. The molecule has 0 aliphatic heterocycles. The Morgan fingerprint density at radius 1 is 1.44 bits per heavy atom. The number of carbonyl (C=O) groups excluding carboxylic acids is 1. The lowest BCUT2D eigenvalue weighted by Gasteiger charge is -2.08. The Morgan fingerprint density at radius 2 is 2.22 bits per heavy atom. The van der Waals surface area contributed by atoms with Crippen LogP contribution in [0.25, 0.3) is 0 Å². The van der Waals surface area contributed by atoms with E-state index in [9.17, 15) is 9.18 Å². The number of rotatable bonds is 7. The number of terminal acetylenes is 1. The molecule has 18 heavy (non-hydrogen) atoms. The maximum Gasteiger partial charge on any atom is 0.165 e. The van der Waals surface area contributed by atoms with Gasteiger partial charge in [0.15, 0.2) is 17.3 Å². The molecule has 1 aromatic carbocycles. The van der Waals surface area contributed by atoms with Crippen LogP contribution in [0.3, 0.4) is 0 Å². The molecule has 0 saturated heterocycles. The molecule has 0 heterocycles. The first kappa shape index (κ1) is 14.2. The normalized spacial score (nSPS) is 9.83. The highest BCUT2D eigenvalue weighted by atomic mass is 19.1. The van der Waals surface area contributed by atoms with Crippen molar-refractivity contribution >= 4 is 5.78 Å². The van der Waals surface area contributed by atoms with Crippen LogP contribution in [0.5, 0.6) is 5.75 Å². The topological polar surface area (TPSA) is 35.5 Å². The molecule has 0 amide bonds. The standard InChI is InChI=1S/C14H15FO3/c1-3-7-17-8-9-18-14-6-5-11(10-12(14)15)13(16)4-2/h1,5-6,10H,4,7-9H2,2H3. The van der Waals surface area contributed by atoms with Gasteiger partial charge in [0.25, 0.3) is 0 Å². The molecule has 0 fully saturated rings. The number of carbonyl (C=O) groups is 1. The Morgan fingerprint density at radius 3 is 2.83 bits per heavy atom. The third kappa shape index (κ3) is 4.19. The highest BCUT2D eigenvalue weighted by Crippen LogP contribution is 2.19. The number of hydrogen-bond donors (Lipinski definition) is 0. The maximum atomic E-state index is 13.6. The third-order valence-electron chi connectivity index (χ3n) is 2.25. The lowest BCUT2D eigenvalue weighted by molar-refractivity contribution is 0.0987. The molecule has 0 atom stereocenters. The minimum atomic E-state index is -0.550. The third-order valence-corrected chi connectivity index (χ3v) is 2.25. The minimum absolute atomic E-state index is 0.0993. The van der Waals surface area contributed by atoms with E-state index in [-0.39, 0.29) is 24.7 Å². The summed E-state index contributed by atoms with van der Waals surface area (Å²) in [5.74, 6) is 1.77.